The van der Waals surface area contributed by atoms with Gasteiger partial charge in [-0.05, 0) is 27.7 Å². The maximum atomic E-state index is 11.9. The molecular formula is C15H23NO5. The van der Waals surface area contributed by atoms with Crippen molar-refractivity contribution in [2.24, 2.45) is 0 Å². The number of aliphatic hydroxyl groups is 1. The molecule has 1 aliphatic heterocycles. The van der Waals surface area contributed by atoms with Gasteiger partial charge < -0.3 is 19.5 Å². The zero-order chi connectivity index (χ0) is 16.1. The molecule has 1 amide bonds. The van der Waals surface area contributed by atoms with Crippen LogP contribution in [0.4, 0.5) is 4.79 Å². The Hall–Kier alpha value is -1.74. The molecule has 0 aromatic heterocycles. The molecule has 0 atom stereocenters. The molecule has 21 heavy (non-hydrogen) atoms. The van der Waals surface area contributed by atoms with Gasteiger partial charge in [-0.25, -0.2) is 9.59 Å². The SMILES string of the molecule is CCOC(=O)C#CC1(O)CCN(C(=O)OC(C)(C)C)CC1. The molecule has 1 fully saturated rings. The summed E-state index contributed by atoms with van der Waals surface area (Å²) in [5.41, 5.74) is -1.81. The van der Waals surface area contributed by atoms with Crippen LogP contribution in [-0.2, 0) is 14.3 Å². The van der Waals surface area contributed by atoms with Gasteiger partial charge in [-0.15, -0.1) is 0 Å². The van der Waals surface area contributed by atoms with Gasteiger partial charge in [0.1, 0.15) is 11.2 Å². The van der Waals surface area contributed by atoms with Crippen molar-refractivity contribution in [1.82, 2.24) is 4.90 Å². The Morgan fingerprint density at radius 3 is 2.33 bits per heavy atom. The number of carbonyl (C=O) groups excluding carboxylic acids is 2. The average molecular weight is 297 g/mol. The molecule has 0 aliphatic carbocycles. The predicted molar refractivity (Wildman–Crippen MR) is 76.4 cm³/mol. The van der Waals surface area contributed by atoms with E-state index in [0.29, 0.717) is 13.1 Å². The largest absolute Gasteiger partial charge is 0.456 e. The van der Waals surface area contributed by atoms with Gasteiger partial charge in [0.05, 0.1) is 6.61 Å². The van der Waals surface area contributed by atoms with Gasteiger partial charge >= 0.3 is 12.1 Å². The Kier molecular flexibility index (Phi) is 5.62. The highest BCUT2D eigenvalue weighted by Crippen LogP contribution is 2.22. The Morgan fingerprint density at radius 1 is 1.29 bits per heavy atom. The zero-order valence-corrected chi connectivity index (χ0v) is 13.1. The summed E-state index contributed by atoms with van der Waals surface area (Å²) in [4.78, 5) is 24.6. The number of piperidine rings is 1. The monoisotopic (exact) mass is 297 g/mol. The van der Waals surface area contributed by atoms with Gasteiger partial charge in [-0.1, -0.05) is 5.92 Å². The molecule has 0 saturated carbocycles. The summed E-state index contributed by atoms with van der Waals surface area (Å²) in [5.74, 6) is 4.17. The number of likely N-dealkylation sites (tertiary alicyclic amines) is 1. The highest BCUT2D eigenvalue weighted by atomic mass is 16.6. The highest BCUT2D eigenvalue weighted by molar-refractivity contribution is 5.88. The summed E-state index contributed by atoms with van der Waals surface area (Å²) in [6, 6.07) is 0. The third-order valence-electron chi connectivity index (χ3n) is 2.91. The van der Waals surface area contributed by atoms with Crippen LogP contribution in [0.5, 0.6) is 0 Å². The third-order valence-corrected chi connectivity index (χ3v) is 2.91. The van der Waals surface area contributed by atoms with E-state index >= 15 is 0 Å². The first-order valence-electron chi connectivity index (χ1n) is 7.05. The molecule has 0 spiro atoms. The lowest BCUT2D eigenvalue weighted by Gasteiger charge is -2.35. The minimum atomic E-state index is -1.26. The van der Waals surface area contributed by atoms with Crippen molar-refractivity contribution in [2.45, 2.75) is 51.7 Å². The number of rotatable bonds is 1. The van der Waals surface area contributed by atoms with Crippen molar-refractivity contribution in [3.05, 3.63) is 0 Å². The summed E-state index contributed by atoms with van der Waals surface area (Å²) >= 11 is 0. The number of nitrogens with zero attached hydrogens (tertiary/aromatic N) is 1. The average Bonchev–Trinajstić information content (AvgIpc) is 2.36. The van der Waals surface area contributed by atoms with Crippen molar-refractivity contribution in [3.8, 4) is 11.8 Å². The van der Waals surface area contributed by atoms with E-state index in [9.17, 15) is 14.7 Å². The van der Waals surface area contributed by atoms with Crippen molar-refractivity contribution in [2.75, 3.05) is 19.7 Å². The Morgan fingerprint density at radius 2 is 1.86 bits per heavy atom. The van der Waals surface area contributed by atoms with Crippen LogP contribution in [0, 0.1) is 11.8 Å². The molecule has 6 nitrogen and oxygen atoms in total. The first kappa shape index (κ1) is 17.3. The lowest BCUT2D eigenvalue weighted by Crippen LogP contribution is -2.47. The summed E-state index contributed by atoms with van der Waals surface area (Å²) < 4.78 is 9.95. The maximum Gasteiger partial charge on any atom is 0.410 e. The van der Waals surface area contributed by atoms with Gasteiger partial charge in [0.15, 0.2) is 0 Å². The van der Waals surface area contributed by atoms with Crippen LogP contribution < -0.4 is 0 Å². The first-order chi connectivity index (χ1) is 9.65. The van der Waals surface area contributed by atoms with Gasteiger partial charge in [0.2, 0.25) is 0 Å². The zero-order valence-electron chi connectivity index (χ0n) is 13.1. The molecule has 0 aromatic carbocycles. The minimum absolute atomic E-state index is 0.248. The fourth-order valence-electron chi connectivity index (χ4n) is 1.85. The maximum absolute atomic E-state index is 11.9. The van der Waals surface area contributed by atoms with E-state index in [4.69, 9.17) is 4.74 Å². The van der Waals surface area contributed by atoms with E-state index in [2.05, 4.69) is 16.6 Å². The standard InChI is InChI=1S/C15H23NO5/c1-5-20-12(17)6-7-15(19)8-10-16(11-9-15)13(18)21-14(2,3)4/h19H,5,8-11H2,1-4H3. The van der Waals surface area contributed by atoms with Gasteiger partial charge in [-0.3, -0.25) is 0 Å². The van der Waals surface area contributed by atoms with E-state index < -0.39 is 23.3 Å². The number of hydrogen-bond acceptors (Lipinski definition) is 5. The van der Waals surface area contributed by atoms with E-state index in [1.807, 2.05) is 0 Å². The fraction of sp³-hybridized carbons (Fsp3) is 0.733. The Labute approximate surface area is 125 Å². The van der Waals surface area contributed by atoms with Crippen LogP contribution in [0.2, 0.25) is 0 Å². The molecule has 1 aliphatic rings. The fourth-order valence-corrected chi connectivity index (χ4v) is 1.85. The molecular weight excluding hydrogens is 274 g/mol. The van der Waals surface area contributed by atoms with Crippen molar-refractivity contribution >= 4 is 12.1 Å². The molecule has 1 heterocycles. The topological polar surface area (TPSA) is 76.1 Å². The summed E-state index contributed by atoms with van der Waals surface area (Å²) in [6.45, 7) is 8.01. The normalized spacial score (nSPS) is 17.5. The lowest BCUT2D eigenvalue weighted by atomic mass is 9.92. The van der Waals surface area contributed by atoms with Crippen LogP contribution in [0.15, 0.2) is 0 Å². The summed E-state index contributed by atoms with van der Waals surface area (Å²) in [7, 11) is 0. The van der Waals surface area contributed by atoms with Crippen LogP contribution >= 0.6 is 0 Å². The number of amides is 1. The smallest absolute Gasteiger partial charge is 0.410 e. The van der Waals surface area contributed by atoms with Crippen molar-refractivity contribution < 1.29 is 24.2 Å². The molecule has 1 saturated heterocycles. The molecule has 0 radical (unpaired) electrons. The second-order valence-corrected chi connectivity index (χ2v) is 5.97. The quantitative estimate of drug-likeness (QED) is 0.449. The van der Waals surface area contributed by atoms with Crippen LogP contribution in [-0.4, -0.2) is 53.0 Å². The van der Waals surface area contributed by atoms with Gasteiger partial charge in [-0.2, -0.15) is 0 Å². The van der Waals surface area contributed by atoms with Crippen LogP contribution in [0.1, 0.15) is 40.5 Å². The number of esters is 1. The second kappa shape index (κ2) is 6.81. The summed E-state index contributed by atoms with van der Waals surface area (Å²) in [6.07, 6.45) is 0.153. The third kappa shape index (κ3) is 6.05. The van der Waals surface area contributed by atoms with E-state index in [1.165, 1.54) is 4.90 Å². The van der Waals surface area contributed by atoms with Gasteiger partial charge in [0.25, 0.3) is 0 Å². The number of hydrogen-bond donors (Lipinski definition) is 1. The van der Waals surface area contributed by atoms with E-state index in [1.54, 1.807) is 27.7 Å². The Balaban J connectivity index is 2.54. The predicted octanol–water partition coefficient (Wildman–Crippen LogP) is 1.31. The Bertz CT molecular complexity index is 447. The second-order valence-electron chi connectivity index (χ2n) is 5.97. The summed E-state index contributed by atoms with van der Waals surface area (Å²) in [5, 5.41) is 10.3. The van der Waals surface area contributed by atoms with Crippen LogP contribution in [0.25, 0.3) is 0 Å². The van der Waals surface area contributed by atoms with Gasteiger partial charge in [0, 0.05) is 31.9 Å². The minimum Gasteiger partial charge on any atom is -0.456 e. The van der Waals surface area contributed by atoms with Crippen LogP contribution in [0.3, 0.4) is 0 Å². The molecule has 118 valence electrons. The molecule has 0 bridgehead atoms. The van der Waals surface area contributed by atoms with Crippen molar-refractivity contribution in [1.29, 1.82) is 0 Å². The molecule has 1 N–H and O–H groups in total. The molecule has 6 heteroatoms. The molecule has 1 rings (SSSR count). The molecule has 0 aromatic rings. The number of ether oxygens (including phenoxy) is 2. The highest BCUT2D eigenvalue weighted by Gasteiger charge is 2.34. The van der Waals surface area contributed by atoms with Crippen molar-refractivity contribution in [3.63, 3.8) is 0 Å². The lowest BCUT2D eigenvalue weighted by molar-refractivity contribution is -0.136. The number of carbonyl (C=O) groups is 2. The van der Waals surface area contributed by atoms with E-state index in [-0.39, 0.29) is 19.4 Å². The first-order valence-corrected chi connectivity index (χ1v) is 7.05. The molecule has 0 unspecified atom stereocenters. The van der Waals surface area contributed by atoms with E-state index in [0.717, 1.165) is 0 Å².